The zero-order chi connectivity index (χ0) is 11.6. The zero-order valence-electron chi connectivity index (χ0n) is 8.73. The van der Waals surface area contributed by atoms with Gasteiger partial charge in [0.1, 0.15) is 6.04 Å². The minimum atomic E-state index is -4.32. The quantitative estimate of drug-likeness (QED) is 0.809. The zero-order valence-corrected chi connectivity index (χ0v) is 8.73. The molecule has 15 heavy (non-hydrogen) atoms. The van der Waals surface area contributed by atoms with Gasteiger partial charge in [0.25, 0.3) is 0 Å². The van der Waals surface area contributed by atoms with Crippen molar-refractivity contribution in [3.8, 4) is 0 Å². The van der Waals surface area contributed by atoms with Crippen LogP contribution in [0.15, 0.2) is 18.2 Å². The van der Waals surface area contributed by atoms with Crippen LogP contribution in [0, 0.1) is 13.8 Å². The molecule has 1 unspecified atom stereocenters. The maximum Gasteiger partial charge on any atom is 0.403 e. The highest BCUT2D eigenvalue weighted by molar-refractivity contribution is 5.33. The summed E-state index contributed by atoms with van der Waals surface area (Å²) in [6, 6.07) is 3.53. The van der Waals surface area contributed by atoms with Gasteiger partial charge < -0.3 is 5.73 Å². The molecule has 1 rings (SSSR count). The second-order valence-corrected chi connectivity index (χ2v) is 3.71. The molecule has 0 saturated carbocycles. The summed E-state index contributed by atoms with van der Waals surface area (Å²) in [6.45, 7) is 3.69. The predicted molar refractivity (Wildman–Crippen MR) is 53.7 cm³/mol. The van der Waals surface area contributed by atoms with Crippen LogP contribution in [-0.2, 0) is 6.42 Å². The monoisotopic (exact) mass is 217 g/mol. The van der Waals surface area contributed by atoms with Crippen molar-refractivity contribution in [3.63, 3.8) is 0 Å². The Kier molecular flexibility index (Phi) is 3.39. The van der Waals surface area contributed by atoms with E-state index >= 15 is 0 Å². The molecule has 0 radical (unpaired) electrons. The maximum absolute atomic E-state index is 12.2. The lowest BCUT2D eigenvalue weighted by atomic mass is 9.98. The fourth-order valence-corrected chi connectivity index (χ4v) is 1.39. The third-order valence-corrected chi connectivity index (χ3v) is 2.58. The van der Waals surface area contributed by atoms with Gasteiger partial charge in [0.05, 0.1) is 0 Å². The molecule has 1 aromatic carbocycles. The molecule has 2 N–H and O–H groups in total. The molecule has 4 heteroatoms. The van der Waals surface area contributed by atoms with E-state index in [0.717, 1.165) is 11.1 Å². The van der Waals surface area contributed by atoms with Crippen molar-refractivity contribution in [2.75, 3.05) is 0 Å². The number of alkyl halides is 3. The molecule has 1 nitrogen and oxygen atoms in total. The van der Waals surface area contributed by atoms with Gasteiger partial charge >= 0.3 is 6.18 Å². The molecule has 0 spiro atoms. The Morgan fingerprint density at radius 2 is 1.87 bits per heavy atom. The van der Waals surface area contributed by atoms with Gasteiger partial charge in [0.2, 0.25) is 0 Å². The first-order chi connectivity index (χ1) is 6.82. The minimum Gasteiger partial charge on any atom is -0.320 e. The largest absolute Gasteiger partial charge is 0.403 e. The highest BCUT2D eigenvalue weighted by Gasteiger charge is 2.36. The Bertz CT molecular complexity index is 344. The van der Waals surface area contributed by atoms with Crippen LogP contribution in [0.25, 0.3) is 0 Å². The summed E-state index contributed by atoms with van der Waals surface area (Å²) < 4.78 is 36.7. The summed E-state index contributed by atoms with van der Waals surface area (Å²) in [4.78, 5) is 0. The normalized spacial score (nSPS) is 14.0. The van der Waals surface area contributed by atoms with E-state index in [-0.39, 0.29) is 6.42 Å². The average molecular weight is 217 g/mol. The van der Waals surface area contributed by atoms with E-state index in [4.69, 9.17) is 5.73 Å². The standard InChI is InChI=1S/C11H14F3N/c1-7-4-3-5-9(8(7)2)6-10(15)11(12,13)14/h3-5,10H,6,15H2,1-2H3. The number of rotatable bonds is 2. The predicted octanol–water partition coefficient (Wildman–Crippen LogP) is 2.74. The first-order valence-corrected chi connectivity index (χ1v) is 4.69. The summed E-state index contributed by atoms with van der Waals surface area (Å²) in [6.07, 6.45) is -4.48. The summed E-state index contributed by atoms with van der Waals surface area (Å²) in [5, 5.41) is 0. The van der Waals surface area contributed by atoms with Crippen molar-refractivity contribution in [2.24, 2.45) is 5.73 Å². The van der Waals surface area contributed by atoms with E-state index in [1.807, 2.05) is 19.9 Å². The highest BCUT2D eigenvalue weighted by atomic mass is 19.4. The SMILES string of the molecule is Cc1cccc(CC(N)C(F)(F)F)c1C. The molecular formula is C11H14F3N. The Labute approximate surface area is 87.1 Å². The first kappa shape index (κ1) is 12.0. The summed E-state index contributed by atoms with van der Waals surface area (Å²) in [5.74, 6) is 0. The third kappa shape index (κ3) is 2.96. The molecule has 0 aromatic heterocycles. The van der Waals surface area contributed by atoms with E-state index in [1.54, 1.807) is 12.1 Å². The van der Waals surface area contributed by atoms with E-state index in [2.05, 4.69) is 0 Å². The van der Waals surface area contributed by atoms with Crippen molar-refractivity contribution in [1.29, 1.82) is 0 Å². The topological polar surface area (TPSA) is 26.0 Å². The van der Waals surface area contributed by atoms with Crippen LogP contribution in [0.4, 0.5) is 13.2 Å². The summed E-state index contributed by atoms with van der Waals surface area (Å²) in [7, 11) is 0. The molecular weight excluding hydrogens is 203 g/mol. The van der Waals surface area contributed by atoms with Crippen molar-refractivity contribution >= 4 is 0 Å². The fraction of sp³-hybridized carbons (Fsp3) is 0.455. The van der Waals surface area contributed by atoms with Crippen LogP contribution < -0.4 is 5.73 Å². The lowest BCUT2D eigenvalue weighted by Crippen LogP contribution is -2.39. The van der Waals surface area contributed by atoms with Crippen LogP contribution >= 0.6 is 0 Å². The van der Waals surface area contributed by atoms with Crippen LogP contribution in [0.3, 0.4) is 0 Å². The Hall–Kier alpha value is -1.03. The summed E-state index contributed by atoms with van der Waals surface area (Å²) >= 11 is 0. The molecule has 0 fully saturated rings. The molecule has 0 aliphatic carbocycles. The number of aryl methyl sites for hydroxylation is 1. The Morgan fingerprint density at radius 1 is 1.27 bits per heavy atom. The maximum atomic E-state index is 12.2. The van der Waals surface area contributed by atoms with Gasteiger partial charge in [0, 0.05) is 0 Å². The Morgan fingerprint density at radius 3 is 2.40 bits per heavy atom. The number of nitrogens with two attached hydrogens (primary N) is 1. The number of benzene rings is 1. The molecule has 0 aliphatic rings. The molecule has 1 atom stereocenters. The molecule has 0 heterocycles. The molecule has 0 aliphatic heterocycles. The van der Waals surface area contributed by atoms with Crippen LogP contribution in [-0.4, -0.2) is 12.2 Å². The number of halogens is 3. The van der Waals surface area contributed by atoms with E-state index in [9.17, 15) is 13.2 Å². The number of hydrogen-bond donors (Lipinski definition) is 1. The number of hydrogen-bond acceptors (Lipinski definition) is 1. The minimum absolute atomic E-state index is 0.156. The van der Waals surface area contributed by atoms with Gasteiger partial charge in [-0.3, -0.25) is 0 Å². The second kappa shape index (κ2) is 4.23. The van der Waals surface area contributed by atoms with Gasteiger partial charge in [-0.2, -0.15) is 13.2 Å². The molecule has 0 amide bonds. The fourth-order valence-electron chi connectivity index (χ4n) is 1.39. The lowest BCUT2D eigenvalue weighted by Gasteiger charge is -2.17. The smallest absolute Gasteiger partial charge is 0.320 e. The van der Waals surface area contributed by atoms with Gasteiger partial charge in [-0.15, -0.1) is 0 Å². The van der Waals surface area contributed by atoms with E-state index in [1.165, 1.54) is 0 Å². The van der Waals surface area contributed by atoms with Crippen molar-refractivity contribution in [1.82, 2.24) is 0 Å². The van der Waals surface area contributed by atoms with Gasteiger partial charge in [-0.25, -0.2) is 0 Å². The molecule has 0 saturated heterocycles. The molecule has 84 valence electrons. The van der Waals surface area contributed by atoms with Crippen LogP contribution in [0.2, 0.25) is 0 Å². The molecule has 1 aromatic rings. The van der Waals surface area contributed by atoms with Crippen LogP contribution in [0.1, 0.15) is 16.7 Å². The highest BCUT2D eigenvalue weighted by Crippen LogP contribution is 2.23. The molecule has 0 bridgehead atoms. The average Bonchev–Trinajstić information content (AvgIpc) is 2.11. The van der Waals surface area contributed by atoms with Crippen molar-refractivity contribution in [3.05, 3.63) is 34.9 Å². The van der Waals surface area contributed by atoms with Crippen LogP contribution in [0.5, 0.6) is 0 Å². The second-order valence-electron chi connectivity index (χ2n) is 3.71. The van der Waals surface area contributed by atoms with E-state index < -0.39 is 12.2 Å². The van der Waals surface area contributed by atoms with Gasteiger partial charge in [-0.05, 0) is 37.0 Å². The third-order valence-electron chi connectivity index (χ3n) is 2.58. The van der Waals surface area contributed by atoms with Gasteiger partial charge in [0.15, 0.2) is 0 Å². The first-order valence-electron chi connectivity index (χ1n) is 4.69. The lowest BCUT2D eigenvalue weighted by molar-refractivity contribution is -0.147. The van der Waals surface area contributed by atoms with Crippen molar-refractivity contribution < 1.29 is 13.2 Å². The Balaban J connectivity index is 2.86. The van der Waals surface area contributed by atoms with Crippen molar-refractivity contribution in [2.45, 2.75) is 32.5 Å². The summed E-state index contributed by atoms with van der Waals surface area (Å²) in [5.41, 5.74) is 7.62. The van der Waals surface area contributed by atoms with Gasteiger partial charge in [-0.1, -0.05) is 18.2 Å². The van der Waals surface area contributed by atoms with E-state index in [0.29, 0.717) is 5.56 Å².